The standard InChI is InChI=1S/C15H19N3/c16-18-15(9-11-3-1-4-11)13-7-6-12-5-2-8-17-14(12)10-13/h2,5-8,10-11,15,18H,1,3-4,9,16H2. The highest BCUT2D eigenvalue weighted by Crippen LogP contribution is 2.34. The first kappa shape index (κ1) is 11.6. The molecule has 3 N–H and O–H groups in total. The van der Waals surface area contributed by atoms with Crippen LogP contribution in [0.1, 0.15) is 37.3 Å². The van der Waals surface area contributed by atoms with Crippen LogP contribution in [0.3, 0.4) is 0 Å². The minimum absolute atomic E-state index is 0.252. The first-order valence-electron chi connectivity index (χ1n) is 6.67. The van der Waals surface area contributed by atoms with Gasteiger partial charge in [0.15, 0.2) is 0 Å². The number of nitrogens with zero attached hydrogens (tertiary/aromatic N) is 1. The molecule has 2 aromatic rings. The molecule has 1 atom stereocenters. The second kappa shape index (κ2) is 5.04. The zero-order valence-corrected chi connectivity index (χ0v) is 10.5. The fraction of sp³-hybridized carbons (Fsp3) is 0.400. The highest BCUT2D eigenvalue weighted by atomic mass is 15.2. The molecule has 3 heteroatoms. The topological polar surface area (TPSA) is 50.9 Å². The molecule has 0 amide bonds. The number of pyridine rings is 1. The quantitative estimate of drug-likeness (QED) is 0.639. The highest BCUT2D eigenvalue weighted by molar-refractivity contribution is 5.78. The van der Waals surface area contributed by atoms with Gasteiger partial charge in [-0.2, -0.15) is 0 Å². The Hall–Kier alpha value is -1.45. The fourth-order valence-electron chi connectivity index (χ4n) is 2.66. The minimum Gasteiger partial charge on any atom is -0.271 e. The van der Waals surface area contributed by atoms with Gasteiger partial charge in [-0.3, -0.25) is 16.3 Å². The minimum atomic E-state index is 0.252. The number of hydrogen-bond donors (Lipinski definition) is 2. The average Bonchev–Trinajstić information content (AvgIpc) is 2.37. The van der Waals surface area contributed by atoms with E-state index in [1.54, 1.807) is 0 Å². The number of nitrogens with two attached hydrogens (primary N) is 1. The summed E-state index contributed by atoms with van der Waals surface area (Å²) in [5.74, 6) is 6.54. The molecule has 18 heavy (non-hydrogen) atoms. The van der Waals surface area contributed by atoms with Gasteiger partial charge in [-0.15, -0.1) is 0 Å². The molecule has 0 bridgehead atoms. The smallest absolute Gasteiger partial charge is 0.0705 e. The van der Waals surface area contributed by atoms with Gasteiger partial charge in [0.05, 0.1) is 5.52 Å². The number of hydrazine groups is 1. The molecule has 0 aliphatic heterocycles. The molecule has 94 valence electrons. The Morgan fingerprint density at radius 3 is 2.94 bits per heavy atom. The van der Waals surface area contributed by atoms with Crippen LogP contribution in [0.15, 0.2) is 36.5 Å². The SMILES string of the molecule is NNC(CC1CCC1)c1ccc2cccnc2c1. The summed E-state index contributed by atoms with van der Waals surface area (Å²) in [6.07, 6.45) is 7.05. The Labute approximate surface area is 107 Å². The number of aromatic nitrogens is 1. The average molecular weight is 241 g/mol. The number of benzene rings is 1. The number of fused-ring (bicyclic) bond motifs is 1. The zero-order chi connectivity index (χ0) is 12.4. The van der Waals surface area contributed by atoms with Gasteiger partial charge in [0.2, 0.25) is 0 Å². The molecule has 1 unspecified atom stereocenters. The van der Waals surface area contributed by atoms with E-state index >= 15 is 0 Å². The monoisotopic (exact) mass is 241 g/mol. The van der Waals surface area contributed by atoms with Crippen molar-refractivity contribution < 1.29 is 0 Å². The van der Waals surface area contributed by atoms with Crippen molar-refractivity contribution in [1.29, 1.82) is 0 Å². The van der Waals surface area contributed by atoms with E-state index in [1.165, 1.54) is 30.2 Å². The van der Waals surface area contributed by atoms with Crippen molar-refractivity contribution in [3.63, 3.8) is 0 Å². The largest absolute Gasteiger partial charge is 0.271 e. The van der Waals surface area contributed by atoms with Gasteiger partial charge in [-0.05, 0) is 30.0 Å². The van der Waals surface area contributed by atoms with Crippen LogP contribution >= 0.6 is 0 Å². The van der Waals surface area contributed by atoms with Crippen LogP contribution in [0.5, 0.6) is 0 Å². The van der Waals surface area contributed by atoms with Gasteiger partial charge in [0.1, 0.15) is 0 Å². The van der Waals surface area contributed by atoms with Crippen molar-refractivity contribution in [2.75, 3.05) is 0 Å². The van der Waals surface area contributed by atoms with Crippen LogP contribution in [0, 0.1) is 5.92 Å². The van der Waals surface area contributed by atoms with Crippen molar-refractivity contribution in [3.8, 4) is 0 Å². The van der Waals surface area contributed by atoms with E-state index in [2.05, 4.69) is 34.7 Å². The van der Waals surface area contributed by atoms with Gasteiger partial charge in [-0.1, -0.05) is 37.5 Å². The molecule has 0 saturated heterocycles. The second-order valence-electron chi connectivity index (χ2n) is 5.21. The lowest BCUT2D eigenvalue weighted by Crippen LogP contribution is -2.31. The highest BCUT2D eigenvalue weighted by Gasteiger charge is 2.22. The lowest BCUT2D eigenvalue weighted by Gasteiger charge is -2.29. The lowest BCUT2D eigenvalue weighted by molar-refractivity contribution is 0.262. The molecule has 3 nitrogen and oxygen atoms in total. The molecule has 1 aromatic heterocycles. The molecule has 1 aliphatic carbocycles. The molecule has 1 saturated carbocycles. The Kier molecular flexibility index (Phi) is 3.26. The van der Waals surface area contributed by atoms with Crippen LogP contribution in [0.4, 0.5) is 0 Å². The van der Waals surface area contributed by atoms with Gasteiger partial charge >= 0.3 is 0 Å². The number of rotatable bonds is 4. The van der Waals surface area contributed by atoms with Crippen LogP contribution in [0.25, 0.3) is 10.9 Å². The van der Waals surface area contributed by atoms with Gasteiger partial charge in [0.25, 0.3) is 0 Å². The zero-order valence-electron chi connectivity index (χ0n) is 10.5. The van der Waals surface area contributed by atoms with Gasteiger partial charge in [-0.25, -0.2) is 0 Å². The van der Waals surface area contributed by atoms with Crippen molar-refractivity contribution in [2.45, 2.75) is 31.7 Å². The summed E-state index contributed by atoms with van der Waals surface area (Å²) < 4.78 is 0. The summed E-state index contributed by atoms with van der Waals surface area (Å²) in [6, 6.07) is 10.7. The van der Waals surface area contributed by atoms with E-state index in [-0.39, 0.29) is 6.04 Å². The van der Waals surface area contributed by atoms with Crippen LogP contribution in [0.2, 0.25) is 0 Å². The van der Waals surface area contributed by atoms with E-state index in [0.717, 1.165) is 17.9 Å². The Morgan fingerprint density at radius 2 is 2.22 bits per heavy atom. The predicted molar refractivity (Wildman–Crippen MR) is 73.8 cm³/mol. The summed E-state index contributed by atoms with van der Waals surface area (Å²) in [6.45, 7) is 0. The summed E-state index contributed by atoms with van der Waals surface area (Å²) in [4.78, 5) is 4.40. The molecule has 1 aliphatic rings. The third kappa shape index (κ3) is 2.24. The Bertz CT molecular complexity index is 534. The summed E-state index contributed by atoms with van der Waals surface area (Å²) >= 11 is 0. The van der Waals surface area contributed by atoms with Crippen LogP contribution in [-0.2, 0) is 0 Å². The number of hydrogen-bond acceptors (Lipinski definition) is 3. The second-order valence-corrected chi connectivity index (χ2v) is 5.21. The number of nitrogens with one attached hydrogen (secondary N) is 1. The van der Waals surface area contributed by atoms with E-state index in [9.17, 15) is 0 Å². The maximum Gasteiger partial charge on any atom is 0.0705 e. The molecule has 0 radical (unpaired) electrons. The molecule has 3 rings (SSSR count). The van der Waals surface area contributed by atoms with Crippen molar-refractivity contribution in [2.24, 2.45) is 11.8 Å². The summed E-state index contributed by atoms with van der Waals surface area (Å²) in [5, 5.41) is 1.18. The molecular formula is C15H19N3. The first-order chi connectivity index (χ1) is 8.86. The van der Waals surface area contributed by atoms with E-state index in [1.807, 2.05) is 12.3 Å². The maximum absolute atomic E-state index is 5.71. The first-order valence-corrected chi connectivity index (χ1v) is 6.67. The fourth-order valence-corrected chi connectivity index (χ4v) is 2.66. The van der Waals surface area contributed by atoms with Crippen LogP contribution < -0.4 is 11.3 Å². The molecule has 1 fully saturated rings. The lowest BCUT2D eigenvalue weighted by atomic mass is 9.79. The maximum atomic E-state index is 5.71. The predicted octanol–water partition coefficient (Wildman–Crippen LogP) is 2.93. The normalized spacial score (nSPS) is 17.6. The van der Waals surface area contributed by atoms with Gasteiger partial charge < -0.3 is 0 Å². The van der Waals surface area contributed by atoms with Crippen molar-refractivity contribution >= 4 is 10.9 Å². The molecule has 1 aromatic carbocycles. The summed E-state index contributed by atoms with van der Waals surface area (Å²) in [5.41, 5.74) is 5.25. The van der Waals surface area contributed by atoms with Crippen molar-refractivity contribution in [1.82, 2.24) is 10.4 Å². The van der Waals surface area contributed by atoms with E-state index in [4.69, 9.17) is 5.84 Å². The Morgan fingerprint density at radius 1 is 1.33 bits per heavy atom. The summed E-state index contributed by atoms with van der Waals surface area (Å²) in [7, 11) is 0. The van der Waals surface area contributed by atoms with Crippen molar-refractivity contribution in [3.05, 3.63) is 42.1 Å². The van der Waals surface area contributed by atoms with Gasteiger partial charge in [0, 0.05) is 17.6 Å². The van der Waals surface area contributed by atoms with Crippen LogP contribution in [-0.4, -0.2) is 4.98 Å². The molecular weight excluding hydrogens is 222 g/mol. The van der Waals surface area contributed by atoms with E-state index in [0.29, 0.717) is 0 Å². The van der Waals surface area contributed by atoms with E-state index < -0.39 is 0 Å². The Balaban J connectivity index is 1.86. The molecule has 0 spiro atoms. The third-order valence-electron chi connectivity index (χ3n) is 4.03. The molecule has 1 heterocycles. The third-order valence-corrected chi connectivity index (χ3v) is 4.03.